The summed E-state index contributed by atoms with van der Waals surface area (Å²) in [5, 5.41) is 4.74. The van der Waals surface area contributed by atoms with Gasteiger partial charge >= 0.3 is 0 Å². The van der Waals surface area contributed by atoms with Gasteiger partial charge in [0.15, 0.2) is 11.5 Å². The first-order valence-corrected chi connectivity index (χ1v) is 9.71. The van der Waals surface area contributed by atoms with Crippen molar-refractivity contribution in [2.75, 3.05) is 25.5 Å². The number of fused-ring (bicyclic) bond motifs is 1. The molecular formula is C19H23N4O3S+. The van der Waals surface area contributed by atoms with Crippen LogP contribution in [-0.4, -0.2) is 35.5 Å². The van der Waals surface area contributed by atoms with Gasteiger partial charge in [-0.25, -0.2) is 4.98 Å². The molecule has 0 bridgehead atoms. The fraction of sp³-hybridized carbons (Fsp3) is 0.316. The summed E-state index contributed by atoms with van der Waals surface area (Å²) < 4.78 is 6.80. The van der Waals surface area contributed by atoms with E-state index in [9.17, 15) is 9.59 Å². The number of ether oxygens (including phenoxy) is 1. The monoisotopic (exact) mass is 387 g/mol. The number of methoxy groups -OCH3 is 1. The van der Waals surface area contributed by atoms with Gasteiger partial charge in [0.2, 0.25) is 0 Å². The van der Waals surface area contributed by atoms with Crippen LogP contribution in [0.1, 0.15) is 19.0 Å². The molecule has 0 aliphatic heterocycles. The number of amides is 1. The predicted molar refractivity (Wildman–Crippen MR) is 106 cm³/mol. The zero-order valence-electron chi connectivity index (χ0n) is 15.4. The van der Waals surface area contributed by atoms with Gasteiger partial charge in [-0.3, -0.25) is 14.0 Å². The second-order valence-corrected chi connectivity index (χ2v) is 7.12. The van der Waals surface area contributed by atoms with Crippen LogP contribution in [0.2, 0.25) is 0 Å². The van der Waals surface area contributed by atoms with E-state index in [4.69, 9.17) is 4.74 Å². The van der Waals surface area contributed by atoms with Crippen molar-refractivity contribution < 1.29 is 14.4 Å². The molecule has 7 nitrogen and oxygen atoms in total. The van der Waals surface area contributed by atoms with Crippen molar-refractivity contribution >= 4 is 27.9 Å². The van der Waals surface area contributed by atoms with Crippen LogP contribution in [-0.2, 0) is 11.3 Å². The molecule has 8 heteroatoms. The molecule has 2 N–H and O–H groups in total. The number of nitrogens with zero attached hydrogens (tertiary/aromatic N) is 2. The van der Waals surface area contributed by atoms with Gasteiger partial charge in [-0.2, -0.15) is 0 Å². The maximum absolute atomic E-state index is 12.5. The maximum Gasteiger partial charge on any atom is 0.279 e. The largest absolute Gasteiger partial charge is 0.495 e. The first-order chi connectivity index (χ1) is 13.1. The lowest BCUT2D eigenvalue weighted by Gasteiger charge is -2.18. The number of hydrogen-bond donors (Lipinski definition) is 2. The summed E-state index contributed by atoms with van der Waals surface area (Å²) in [7, 11) is 1.57. The van der Waals surface area contributed by atoms with Crippen molar-refractivity contribution in [3.8, 4) is 5.75 Å². The number of quaternary nitrogens is 1. The van der Waals surface area contributed by atoms with Crippen LogP contribution in [0.4, 0.5) is 5.69 Å². The number of rotatable bonds is 8. The van der Waals surface area contributed by atoms with Gasteiger partial charge in [0.05, 0.1) is 19.3 Å². The minimum atomic E-state index is -0.100. The first-order valence-electron chi connectivity index (χ1n) is 8.83. The molecule has 3 rings (SSSR count). The Labute approximate surface area is 161 Å². The molecule has 1 unspecified atom stereocenters. The molecule has 0 radical (unpaired) electrons. The third kappa shape index (κ3) is 4.72. The second-order valence-electron chi connectivity index (χ2n) is 6.24. The Balaban J connectivity index is 1.71. The van der Waals surface area contributed by atoms with Crippen molar-refractivity contribution in [2.24, 2.45) is 0 Å². The fourth-order valence-electron chi connectivity index (χ4n) is 3.00. The summed E-state index contributed by atoms with van der Waals surface area (Å²) in [4.78, 5) is 31.0. The summed E-state index contributed by atoms with van der Waals surface area (Å²) in [6.07, 6.45) is 2.65. The Kier molecular flexibility index (Phi) is 6.20. The molecule has 0 saturated heterocycles. The van der Waals surface area contributed by atoms with Gasteiger partial charge < -0.3 is 15.0 Å². The molecule has 27 heavy (non-hydrogen) atoms. The Morgan fingerprint density at radius 2 is 2.19 bits per heavy atom. The molecule has 2 heterocycles. The van der Waals surface area contributed by atoms with Crippen molar-refractivity contribution in [1.29, 1.82) is 0 Å². The quantitative estimate of drug-likeness (QED) is 0.609. The van der Waals surface area contributed by atoms with Crippen LogP contribution in [0.15, 0.2) is 46.7 Å². The number of anilines is 1. The zero-order valence-corrected chi connectivity index (χ0v) is 16.2. The predicted octanol–water partition coefficient (Wildman–Crippen LogP) is 1.20. The van der Waals surface area contributed by atoms with E-state index in [2.05, 4.69) is 17.2 Å². The summed E-state index contributed by atoms with van der Waals surface area (Å²) in [6.45, 7) is 3.70. The molecule has 142 valence electrons. The maximum atomic E-state index is 12.5. The number of para-hydroxylation sites is 2. The minimum Gasteiger partial charge on any atom is -0.495 e. The van der Waals surface area contributed by atoms with E-state index < -0.39 is 0 Å². The van der Waals surface area contributed by atoms with E-state index in [1.807, 2.05) is 23.6 Å². The Morgan fingerprint density at radius 1 is 1.37 bits per heavy atom. The molecule has 0 aliphatic carbocycles. The van der Waals surface area contributed by atoms with Crippen molar-refractivity contribution in [2.45, 2.75) is 19.9 Å². The molecule has 0 fully saturated rings. The lowest BCUT2D eigenvalue weighted by Crippen LogP contribution is -3.11. The lowest BCUT2D eigenvalue weighted by molar-refractivity contribution is -0.906. The normalized spacial score (nSPS) is 12.1. The highest BCUT2D eigenvalue weighted by molar-refractivity contribution is 7.15. The molecule has 0 aliphatic rings. The number of aromatic nitrogens is 2. The number of benzene rings is 1. The third-order valence-electron chi connectivity index (χ3n) is 4.18. The zero-order chi connectivity index (χ0) is 19.2. The second kappa shape index (κ2) is 8.79. The summed E-state index contributed by atoms with van der Waals surface area (Å²) >= 11 is 1.43. The van der Waals surface area contributed by atoms with E-state index in [0.717, 1.165) is 17.9 Å². The molecule has 0 spiro atoms. The molecule has 3 aromatic rings. The topological polar surface area (TPSA) is 77.1 Å². The molecule has 1 aromatic carbocycles. The SMILES string of the molecule is CCC[NH+](CC(=O)Nc1ccccc1OC)Cc1cc(=O)n2ccsc2n1. The Bertz CT molecular complexity index is 982. The number of thiazole rings is 1. The van der Waals surface area contributed by atoms with Crippen LogP contribution < -0.4 is 20.5 Å². The molecular weight excluding hydrogens is 364 g/mol. The number of nitrogens with one attached hydrogen (secondary N) is 2. The van der Waals surface area contributed by atoms with Crippen LogP contribution in [0, 0.1) is 0 Å². The van der Waals surface area contributed by atoms with Crippen LogP contribution in [0.5, 0.6) is 5.75 Å². The van der Waals surface area contributed by atoms with E-state index in [-0.39, 0.29) is 18.0 Å². The molecule has 1 atom stereocenters. The third-order valence-corrected chi connectivity index (χ3v) is 4.94. The average Bonchev–Trinajstić information content (AvgIpc) is 3.11. The average molecular weight is 387 g/mol. The smallest absolute Gasteiger partial charge is 0.279 e. The molecule has 0 saturated carbocycles. The number of carbonyl (C=O) groups excluding carboxylic acids is 1. The lowest BCUT2D eigenvalue weighted by atomic mass is 10.3. The van der Waals surface area contributed by atoms with Crippen molar-refractivity contribution in [3.63, 3.8) is 0 Å². The molecule has 2 aromatic heterocycles. The van der Waals surface area contributed by atoms with Gasteiger partial charge in [0, 0.05) is 17.6 Å². The summed E-state index contributed by atoms with van der Waals surface area (Å²) in [6, 6.07) is 8.87. The highest BCUT2D eigenvalue weighted by Gasteiger charge is 2.17. The first kappa shape index (κ1) is 19.1. The minimum absolute atomic E-state index is 0.0921. The Morgan fingerprint density at radius 3 is 2.96 bits per heavy atom. The van der Waals surface area contributed by atoms with E-state index >= 15 is 0 Å². The molecule has 1 amide bonds. The van der Waals surface area contributed by atoms with Crippen molar-refractivity contribution in [3.05, 3.63) is 58.0 Å². The van der Waals surface area contributed by atoms with Crippen LogP contribution >= 0.6 is 11.3 Å². The van der Waals surface area contributed by atoms with E-state index in [1.165, 1.54) is 15.7 Å². The van der Waals surface area contributed by atoms with Gasteiger partial charge in [0.25, 0.3) is 11.5 Å². The highest BCUT2D eigenvalue weighted by atomic mass is 32.1. The van der Waals surface area contributed by atoms with Gasteiger partial charge in [-0.05, 0) is 18.6 Å². The number of hydrogen-bond acceptors (Lipinski definition) is 5. The van der Waals surface area contributed by atoms with E-state index in [1.54, 1.807) is 25.4 Å². The summed E-state index contributed by atoms with van der Waals surface area (Å²) in [5.41, 5.74) is 1.26. The van der Waals surface area contributed by atoms with Crippen LogP contribution in [0.25, 0.3) is 4.96 Å². The van der Waals surface area contributed by atoms with Gasteiger partial charge in [-0.15, -0.1) is 11.3 Å². The van der Waals surface area contributed by atoms with Gasteiger partial charge in [-0.1, -0.05) is 19.1 Å². The standard InChI is InChI=1S/C19H22N4O3S/c1-3-8-22(12-14-11-18(25)23-9-10-27-19(23)20-14)13-17(24)21-15-6-4-5-7-16(15)26-2/h4-7,9-11H,3,8,12-13H2,1-2H3,(H,21,24)/p+1. The van der Waals surface area contributed by atoms with E-state index in [0.29, 0.717) is 28.6 Å². The highest BCUT2D eigenvalue weighted by Crippen LogP contribution is 2.22. The van der Waals surface area contributed by atoms with Crippen LogP contribution in [0.3, 0.4) is 0 Å². The fourth-order valence-corrected chi connectivity index (χ4v) is 3.74. The summed E-state index contributed by atoms with van der Waals surface area (Å²) in [5.74, 6) is 0.526. The Hall–Kier alpha value is -2.71. The van der Waals surface area contributed by atoms with Gasteiger partial charge in [0.1, 0.15) is 18.0 Å². The van der Waals surface area contributed by atoms with Crippen molar-refractivity contribution in [1.82, 2.24) is 9.38 Å². The number of carbonyl (C=O) groups is 1.